The van der Waals surface area contributed by atoms with E-state index in [9.17, 15) is 4.79 Å². The molecule has 0 radical (unpaired) electrons. The van der Waals surface area contributed by atoms with Crippen LogP contribution >= 0.6 is 0 Å². The molecule has 0 aliphatic heterocycles. The maximum absolute atomic E-state index is 11.6. The first-order chi connectivity index (χ1) is 8.08. The number of amides is 1. The predicted octanol–water partition coefficient (Wildman–Crippen LogP) is 1.91. The van der Waals surface area contributed by atoms with Crippen molar-refractivity contribution in [1.82, 2.24) is 5.32 Å². The minimum atomic E-state index is -0.442. The van der Waals surface area contributed by atoms with Gasteiger partial charge in [-0.15, -0.1) is 0 Å². The average molecular weight is 237 g/mol. The molecule has 1 amide bonds. The summed E-state index contributed by atoms with van der Waals surface area (Å²) in [7, 11) is 3.13. The molecule has 0 heterocycles. The lowest BCUT2D eigenvalue weighted by Gasteiger charge is -2.17. The number of ether oxygens (including phenoxy) is 2. The van der Waals surface area contributed by atoms with Gasteiger partial charge in [0.15, 0.2) is 0 Å². The molecule has 17 heavy (non-hydrogen) atoms. The average Bonchev–Trinajstić information content (AvgIpc) is 2.37. The van der Waals surface area contributed by atoms with Crippen molar-refractivity contribution in [3.8, 4) is 5.75 Å². The topological polar surface area (TPSA) is 47.6 Å². The fraction of sp³-hybridized carbons (Fsp3) is 0.462. The molecule has 0 aromatic heterocycles. The van der Waals surface area contributed by atoms with Gasteiger partial charge in [-0.05, 0) is 31.5 Å². The number of carbonyl (C=O) groups is 1. The van der Waals surface area contributed by atoms with Gasteiger partial charge in [0.05, 0.1) is 13.2 Å². The molecule has 1 aromatic carbocycles. The van der Waals surface area contributed by atoms with E-state index in [1.807, 2.05) is 31.2 Å². The quantitative estimate of drug-likeness (QED) is 0.851. The third-order valence-electron chi connectivity index (χ3n) is 2.68. The van der Waals surface area contributed by atoms with Crippen molar-refractivity contribution in [2.45, 2.75) is 26.0 Å². The molecule has 4 heteroatoms. The fourth-order valence-electron chi connectivity index (χ4n) is 1.43. The Balaban J connectivity index is 2.69. The molecule has 0 aliphatic rings. The first-order valence-electron chi connectivity index (χ1n) is 5.55. The summed E-state index contributed by atoms with van der Waals surface area (Å²) < 4.78 is 10.1. The van der Waals surface area contributed by atoms with Crippen molar-refractivity contribution < 1.29 is 14.3 Å². The van der Waals surface area contributed by atoms with Gasteiger partial charge in [-0.2, -0.15) is 0 Å². The molecule has 0 bridgehead atoms. The van der Waals surface area contributed by atoms with Crippen molar-refractivity contribution in [3.63, 3.8) is 0 Å². The van der Waals surface area contributed by atoms with Crippen LogP contribution in [-0.2, 0) is 9.53 Å². The van der Waals surface area contributed by atoms with Gasteiger partial charge in [-0.1, -0.05) is 12.1 Å². The van der Waals surface area contributed by atoms with Crippen molar-refractivity contribution >= 4 is 5.91 Å². The smallest absolute Gasteiger partial charge is 0.249 e. The molecule has 0 saturated carbocycles. The molecule has 94 valence electrons. The van der Waals surface area contributed by atoms with E-state index in [-0.39, 0.29) is 11.9 Å². The zero-order valence-electron chi connectivity index (χ0n) is 10.7. The number of carbonyl (C=O) groups excluding carboxylic acids is 1. The SMILES string of the molecule is COc1cccc([C@@H](C)NC(=O)C(C)OC)c1. The molecular weight excluding hydrogens is 218 g/mol. The van der Waals surface area contributed by atoms with Gasteiger partial charge in [0.1, 0.15) is 11.9 Å². The minimum Gasteiger partial charge on any atom is -0.497 e. The normalized spacial score (nSPS) is 13.9. The zero-order valence-corrected chi connectivity index (χ0v) is 10.7. The standard InChI is InChI=1S/C13H19NO3/c1-9(14-13(15)10(2)16-3)11-6-5-7-12(8-11)17-4/h5-10H,1-4H3,(H,14,15)/t9-,10?/m1/s1. The molecule has 4 nitrogen and oxygen atoms in total. The van der Waals surface area contributed by atoms with Crippen LogP contribution in [0.4, 0.5) is 0 Å². The Morgan fingerprint density at radius 3 is 2.59 bits per heavy atom. The van der Waals surface area contributed by atoms with Crippen molar-refractivity contribution in [2.24, 2.45) is 0 Å². The Kier molecular flexibility index (Phi) is 4.97. The highest BCUT2D eigenvalue weighted by atomic mass is 16.5. The van der Waals surface area contributed by atoms with Gasteiger partial charge in [0.25, 0.3) is 0 Å². The first kappa shape index (κ1) is 13.5. The number of hydrogen-bond acceptors (Lipinski definition) is 3. The summed E-state index contributed by atoms with van der Waals surface area (Å²) in [5.74, 6) is 0.659. The van der Waals surface area contributed by atoms with Crippen LogP contribution in [-0.4, -0.2) is 26.2 Å². The van der Waals surface area contributed by atoms with Gasteiger partial charge < -0.3 is 14.8 Å². The summed E-state index contributed by atoms with van der Waals surface area (Å²) >= 11 is 0. The Bertz CT molecular complexity index is 379. The minimum absolute atomic E-state index is 0.0739. The molecule has 0 aliphatic carbocycles. The van der Waals surface area contributed by atoms with Crippen LogP contribution in [0.5, 0.6) is 5.75 Å². The van der Waals surface area contributed by atoms with E-state index in [2.05, 4.69) is 5.32 Å². The highest BCUT2D eigenvalue weighted by Gasteiger charge is 2.15. The molecule has 1 rings (SSSR count). The van der Waals surface area contributed by atoms with Gasteiger partial charge in [-0.3, -0.25) is 4.79 Å². The summed E-state index contributed by atoms with van der Waals surface area (Å²) in [4.78, 5) is 11.6. The fourth-order valence-corrected chi connectivity index (χ4v) is 1.43. The second-order valence-electron chi connectivity index (χ2n) is 3.88. The Morgan fingerprint density at radius 2 is 2.00 bits per heavy atom. The number of nitrogens with one attached hydrogen (secondary N) is 1. The summed E-state index contributed by atoms with van der Waals surface area (Å²) in [6, 6.07) is 7.55. The van der Waals surface area contributed by atoms with Crippen molar-refractivity contribution in [3.05, 3.63) is 29.8 Å². The maximum atomic E-state index is 11.6. The zero-order chi connectivity index (χ0) is 12.8. The van der Waals surface area contributed by atoms with E-state index in [1.165, 1.54) is 7.11 Å². The van der Waals surface area contributed by atoms with Gasteiger partial charge >= 0.3 is 0 Å². The van der Waals surface area contributed by atoms with Crippen LogP contribution < -0.4 is 10.1 Å². The third-order valence-corrected chi connectivity index (χ3v) is 2.68. The first-order valence-corrected chi connectivity index (χ1v) is 5.55. The van der Waals surface area contributed by atoms with Crippen LogP contribution in [0, 0.1) is 0 Å². The highest BCUT2D eigenvalue weighted by molar-refractivity contribution is 5.80. The second kappa shape index (κ2) is 6.25. The molecule has 1 aromatic rings. The summed E-state index contributed by atoms with van der Waals surface area (Å²) in [5, 5.41) is 2.88. The third kappa shape index (κ3) is 3.75. The molecule has 1 N–H and O–H groups in total. The Morgan fingerprint density at radius 1 is 1.29 bits per heavy atom. The molecule has 0 fully saturated rings. The molecular formula is C13H19NO3. The van der Waals surface area contributed by atoms with Gasteiger partial charge in [-0.25, -0.2) is 0 Å². The van der Waals surface area contributed by atoms with Crippen LogP contribution in [0.2, 0.25) is 0 Å². The number of benzene rings is 1. The lowest BCUT2D eigenvalue weighted by atomic mass is 10.1. The van der Waals surface area contributed by atoms with Crippen LogP contribution in [0.1, 0.15) is 25.5 Å². The van der Waals surface area contributed by atoms with Gasteiger partial charge in [0, 0.05) is 7.11 Å². The van der Waals surface area contributed by atoms with Crippen LogP contribution in [0.3, 0.4) is 0 Å². The maximum Gasteiger partial charge on any atom is 0.249 e. The van der Waals surface area contributed by atoms with Crippen LogP contribution in [0.25, 0.3) is 0 Å². The highest BCUT2D eigenvalue weighted by Crippen LogP contribution is 2.18. The van der Waals surface area contributed by atoms with E-state index in [0.29, 0.717) is 0 Å². The Hall–Kier alpha value is -1.55. The lowest BCUT2D eigenvalue weighted by Crippen LogP contribution is -2.35. The number of rotatable bonds is 5. The molecule has 1 unspecified atom stereocenters. The van der Waals surface area contributed by atoms with E-state index in [4.69, 9.17) is 9.47 Å². The molecule has 0 saturated heterocycles. The van der Waals surface area contributed by atoms with Crippen molar-refractivity contribution in [1.29, 1.82) is 0 Å². The largest absolute Gasteiger partial charge is 0.497 e. The number of methoxy groups -OCH3 is 2. The van der Waals surface area contributed by atoms with E-state index in [1.54, 1.807) is 14.0 Å². The van der Waals surface area contributed by atoms with Crippen molar-refractivity contribution in [2.75, 3.05) is 14.2 Å². The predicted molar refractivity (Wildman–Crippen MR) is 66.0 cm³/mol. The summed E-state index contributed by atoms with van der Waals surface area (Å²) in [6.07, 6.45) is -0.442. The van der Waals surface area contributed by atoms with Gasteiger partial charge in [0.2, 0.25) is 5.91 Å². The second-order valence-corrected chi connectivity index (χ2v) is 3.88. The van der Waals surface area contributed by atoms with Crippen LogP contribution in [0.15, 0.2) is 24.3 Å². The van der Waals surface area contributed by atoms with E-state index >= 15 is 0 Å². The van der Waals surface area contributed by atoms with E-state index < -0.39 is 6.10 Å². The Labute approximate surface area is 102 Å². The monoisotopic (exact) mass is 237 g/mol. The van der Waals surface area contributed by atoms with E-state index in [0.717, 1.165) is 11.3 Å². The molecule has 0 spiro atoms. The lowest BCUT2D eigenvalue weighted by molar-refractivity contribution is -0.130. The number of hydrogen-bond donors (Lipinski definition) is 1. The summed E-state index contributed by atoms with van der Waals surface area (Å²) in [5.41, 5.74) is 1.00. The summed E-state index contributed by atoms with van der Waals surface area (Å²) in [6.45, 7) is 3.64. The molecule has 2 atom stereocenters.